The second kappa shape index (κ2) is 9.91. The summed E-state index contributed by atoms with van der Waals surface area (Å²) in [7, 11) is 3.57. The van der Waals surface area contributed by atoms with Crippen molar-refractivity contribution in [2.45, 2.75) is 0 Å². The number of hydrogen-bond donors (Lipinski definition) is 3. The van der Waals surface area contributed by atoms with E-state index < -0.39 is 0 Å². The van der Waals surface area contributed by atoms with Crippen LogP contribution < -0.4 is 10.6 Å². The van der Waals surface area contributed by atoms with Gasteiger partial charge in [-0.25, -0.2) is 4.57 Å². The highest BCUT2D eigenvalue weighted by Gasteiger charge is 2.13. The standard InChI is InChI=1S/C18H27N3O5/c1-20(7-8-25-11-12-26-10-9-24-2)14-3-4-15(19)16(13-14)21-17(22)5-6-18(21)23/h3-6,13,22-23H,7-12,19H2,1-2H3. The molecule has 0 fully saturated rings. The zero-order chi connectivity index (χ0) is 18.9. The third kappa shape index (κ3) is 5.29. The number of rotatable bonds is 11. The van der Waals surface area contributed by atoms with Gasteiger partial charge in [0.2, 0.25) is 0 Å². The topological polar surface area (TPSA) is 102 Å². The molecular weight excluding hydrogens is 338 g/mol. The lowest BCUT2D eigenvalue weighted by Crippen LogP contribution is -2.23. The van der Waals surface area contributed by atoms with Crippen LogP contribution in [0.5, 0.6) is 11.8 Å². The number of nitrogens with zero attached hydrogens (tertiary/aromatic N) is 2. The summed E-state index contributed by atoms with van der Waals surface area (Å²) in [5.41, 5.74) is 7.86. The lowest BCUT2D eigenvalue weighted by molar-refractivity contribution is 0.0266. The molecule has 0 aliphatic carbocycles. The fourth-order valence-corrected chi connectivity index (χ4v) is 2.42. The Bertz CT molecular complexity index is 670. The van der Waals surface area contributed by atoms with E-state index in [4.69, 9.17) is 19.9 Å². The van der Waals surface area contributed by atoms with E-state index in [1.807, 2.05) is 24.1 Å². The van der Waals surface area contributed by atoms with Crippen LogP contribution in [0.15, 0.2) is 30.3 Å². The summed E-state index contributed by atoms with van der Waals surface area (Å²) in [6.07, 6.45) is 0. The third-order valence-electron chi connectivity index (χ3n) is 3.91. The number of nitrogens with two attached hydrogens (primary N) is 1. The van der Waals surface area contributed by atoms with Crippen LogP contribution in [0.25, 0.3) is 5.69 Å². The number of benzene rings is 1. The first-order valence-electron chi connectivity index (χ1n) is 8.39. The van der Waals surface area contributed by atoms with Crippen molar-refractivity contribution < 1.29 is 24.4 Å². The molecule has 2 aromatic rings. The molecule has 0 aliphatic rings. The Labute approximate surface area is 153 Å². The Balaban J connectivity index is 1.88. The van der Waals surface area contributed by atoms with Gasteiger partial charge in [0.1, 0.15) is 0 Å². The molecule has 2 rings (SSSR count). The Morgan fingerprint density at radius 3 is 2.23 bits per heavy atom. The highest BCUT2D eigenvalue weighted by molar-refractivity contribution is 5.67. The predicted molar refractivity (Wildman–Crippen MR) is 100 cm³/mol. The van der Waals surface area contributed by atoms with Crippen LogP contribution in [-0.4, -0.2) is 68.5 Å². The highest BCUT2D eigenvalue weighted by atomic mass is 16.5. The van der Waals surface area contributed by atoms with Crippen LogP contribution in [0.4, 0.5) is 11.4 Å². The number of nitrogen functional groups attached to an aromatic ring is 1. The van der Waals surface area contributed by atoms with Gasteiger partial charge in [-0.05, 0) is 18.2 Å². The van der Waals surface area contributed by atoms with Gasteiger partial charge >= 0.3 is 0 Å². The van der Waals surface area contributed by atoms with E-state index in [0.717, 1.165) is 5.69 Å². The SMILES string of the molecule is COCCOCCOCCN(C)c1ccc(N)c(-n2c(O)ccc2O)c1. The number of aromatic hydroxyl groups is 2. The quantitative estimate of drug-likeness (QED) is 0.410. The van der Waals surface area contributed by atoms with E-state index in [1.165, 1.54) is 16.7 Å². The van der Waals surface area contributed by atoms with E-state index in [9.17, 15) is 10.2 Å². The summed E-state index contributed by atoms with van der Waals surface area (Å²) in [4.78, 5) is 2.01. The van der Waals surface area contributed by atoms with Crippen LogP contribution in [0.2, 0.25) is 0 Å². The normalized spacial score (nSPS) is 11.0. The maximum atomic E-state index is 9.91. The van der Waals surface area contributed by atoms with Crippen LogP contribution in [0.3, 0.4) is 0 Å². The number of likely N-dealkylation sites (N-methyl/N-ethyl adjacent to an activating group) is 1. The lowest BCUT2D eigenvalue weighted by atomic mass is 10.2. The molecule has 1 heterocycles. The molecule has 1 aromatic heterocycles. The molecule has 0 bridgehead atoms. The molecule has 8 nitrogen and oxygen atoms in total. The largest absolute Gasteiger partial charge is 0.494 e. The van der Waals surface area contributed by atoms with Crippen molar-refractivity contribution in [3.05, 3.63) is 30.3 Å². The summed E-state index contributed by atoms with van der Waals surface area (Å²) in [6, 6.07) is 8.25. The molecule has 4 N–H and O–H groups in total. The minimum Gasteiger partial charge on any atom is -0.494 e. The fraction of sp³-hybridized carbons (Fsp3) is 0.444. The third-order valence-corrected chi connectivity index (χ3v) is 3.91. The van der Waals surface area contributed by atoms with Crippen molar-refractivity contribution in [2.24, 2.45) is 0 Å². The fourth-order valence-electron chi connectivity index (χ4n) is 2.42. The van der Waals surface area contributed by atoms with Crippen molar-refractivity contribution in [2.75, 3.05) is 64.4 Å². The van der Waals surface area contributed by atoms with Crippen molar-refractivity contribution in [1.29, 1.82) is 0 Å². The first kappa shape index (κ1) is 19.9. The number of methoxy groups -OCH3 is 1. The van der Waals surface area contributed by atoms with Gasteiger partial charge in [-0.1, -0.05) is 0 Å². The molecule has 0 saturated heterocycles. The molecule has 0 radical (unpaired) electrons. The van der Waals surface area contributed by atoms with Crippen LogP contribution in [0.1, 0.15) is 0 Å². The maximum Gasteiger partial charge on any atom is 0.198 e. The summed E-state index contributed by atoms with van der Waals surface area (Å²) in [5, 5.41) is 19.8. The molecule has 0 spiro atoms. The van der Waals surface area contributed by atoms with Gasteiger partial charge in [0.05, 0.1) is 44.4 Å². The molecule has 0 amide bonds. The van der Waals surface area contributed by atoms with E-state index in [-0.39, 0.29) is 11.8 Å². The number of hydrogen-bond acceptors (Lipinski definition) is 7. The summed E-state index contributed by atoms with van der Waals surface area (Å²) in [5.74, 6) is -0.156. The zero-order valence-corrected chi connectivity index (χ0v) is 15.2. The molecule has 0 atom stereocenters. The maximum absolute atomic E-state index is 9.91. The summed E-state index contributed by atoms with van der Waals surface area (Å²) in [6.45, 7) is 3.41. The molecule has 0 unspecified atom stereocenters. The highest BCUT2D eigenvalue weighted by Crippen LogP contribution is 2.32. The van der Waals surface area contributed by atoms with Crippen LogP contribution in [-0.2, 0) is 14.2 Å². The van der Waals surface area contributed by atoms with E-state index in [2.05, 4.69) is 0 Å². The van der Waals surface area contributed by atoms with Gasteiger partial charge in [-0.2, -0.15) is 0 Å². The Morgan fingerprint density at radius 1 is 0.962 bits per heavy atom. The van der Waals surface area contributed by atoms with Gasteiger partial charge in [-0.15, -0.1) is 0 Å². The number of aromatic nitrogens is 1. The van der Waals surface area contributed by atoms with Gasteiger partial charge in [0, 0.05) is 38.5 Å². The lowest BCUT2D eigenvalue weighted by Gasteiger charge is -2.21. The Kier molecular flexibility index (Phi) is 7.58. The molecule has 144 valence electrons. The van der Waals surface area contributed by atoms with E-state index in [1.54, 1.807) is 13.2 Å². The van der Waals surface area contributed by atoms with E-state index >= 15 is 0 Å². The average Bonchev–Trinajstić information content (AvgIpc) is 2.96. The predicted octanol–water partition coefficient (Wildman–Crippen LogP) is 1.59. The molecule has 1 aromatic carbocycles. The van der Waals surface area contributed by atoms with Crippen molar-refractivity contribution in [1.82, 2.24) is 4.57 Å². The molecule has 26 heavy (non-hydrogen) atoms. The smallest absolute Gasteiger partial charge is 0.198 e. The minimum absolute atomic E-state index is 0.0780. The van der Waals surface area contributed by atoms with Crippen LogP contribution in [0, 0.1) is 0 Å². The first-order valence-corrected chi connectivity index (χ1v) is 8.39. The van der Waals surface area contributed by atoms with Gasteiger partial charge < -0.3 is 35.1 Å². The number of ether oxygens (including phenoxy) is 3. The van der Waals surface area contributed by atoms with Gasteiger partial charge in [-0.3, -0.25) is 0 Å². The second-order valence-electron chi connectivity index (χ2n) is 5.77. The molecule has 0 saturated carbocycles. The summed E-state index contributed by atoms with van der Waals surface area (Å²) >= 11 is 0. The monoisotopic (exact) mass is 365 g/mol. The van der Waals surface area contributed by atoms with Crippen molar-refractivity contribution in [3.8, 4) is 17.4 Å². The zero-order valence-electron chi connectivity index (χ0n) is 15.2. The second-order valence-corrected chi connectivity index (χ2v) is 5.77. The Hall–Kier alpha value is -2.42. The first-order chi connectivity index (χ1) is 12.5. The van der Waals surface area contributed by atoms with E-state index in [0.29, 0.717) is 51.0 Å². The van der Waals surface area contributed by atoms with Crippen LogP contribution >= 0.6 is 0 Å². The van der Waals surface area contributed by atoms with Crippen molar-refractivity contribution in [3.63, 3.8) is 0 Å². The van der Waals surface area contributed by atoms with Gasteiger partial charge in [0.25, 0.3) is 0 Å². The molecule has 0 aliphatic heterocycles. The molecule has 8 heteroatoms. The molecular formula is C18H27N3O5. The van der Waals surface area contributed by atoms with Gasteiger partial charge in [0.15, 0.2) is 11.8 Å². The summed E-state index contributed by atoms with van der Waals surface area (Å²) < 4.78 is 17.1. The Morgan fingerprint density at radius 2 is 1.58 bits per heavy atom. The number of anilines is 2. The average molecular weight is 365 g/mol. The minimum atomic E-state index is -0.0780. The van der Waals surface area contributed by atoms with Crippen molar-refractivity contribution >= 4 is 11.4 Å².